The third kappa shape index (κ3) is 3.65. The lowest BCUT2D eigenvalue weighted by molar-refractivity contribution is 0.404. The van der Waals surface area contributed by atoms with Crippen molar-refractivity contribution in [3.8, 4) is 0 Å². The van der Waals surface area contributed by atoms with Crippen molar-refractivity contribution in [3.63, 3.8) is 0 Å². The molecule has 11 heteroatoms. The summed E-state index contributed by atoms with van der Waals surface area (Å²) >= 11 is 0. The summed E-state index contributed by atoms with van der Waals surface area (Å²) in [5, 5.41) is 3.87. The first-order valence-corrected chi connectivity index (χ1v) is 10.8. The Balaban J connectivity index is 1.80. The zero-order valence-electron chi connectivity index (χ0n) is 14.1. The largest absolute Gasteiger partial charge is 0.274 e. The van der Waals surface area contributed by atoms with Crippen LogP contribution in [0.2, 0.25) is 0 Å². The van der Waals surface area contributed by atoms with E-state index in [-0.39, 0.29) is 36.0 Å². The molecule has 1 saturated heterocycles. The van der Waals surface area contributed by atoms with Gasteiger partial charge in [0.2, 0.25) is 20.0 Å². The molecule has 0 spiro atoms. The highest BCUT2D eigenvalue weighted by atomic mass is 32.2. The second-order valence-corrected chi connectivity index (χ2v) is 9.84. The van der Waals surface area contributed by atoms with Gasteiger partial charge in [-0.05, 0) is 24.6 Å². The first-order chi connectivity index (χ1) is 12.2. The molecule has 0 amide bonds. The Bertz CT molecular complexity index is 1000. The molecule has 2 heterocycles. The Hall–Kier alpha value is -1.82. The molecule has 142 valence electrons. The minimum absolute atomic E-state index is 0.00165. The van der Waals surface area contributed by atoms with E-state index in [4.69, 9.17) is 0 Å². The van der Waals surface area contributed by atoms with E-state index in [1.807, 2.05) is 0 Å². The smallest absolute Gasteiger partial charge is 0.246 e. The quantitative estimate of drug-likeness (QED) is 0.749. The topological polar surface area (TPSA) is 92.6 Å². The van der Waals surface area contributed by atoms with Crippen molar-refractivity contribution in [2.45, 2.75) is 16.2 Å². The van der Waals surface area contributed by atoms with Crippen molar-refractivity contribution in [2.75, 3.05) is 26.2 Å². The normalized spacial score (nSPS) is 17.9. The lowest BCUT2D eigenvalue weighted by atomic mass is 10.4. The van der Waals surface area contributed by atoms with Crippen molar-refractivity contribution >= 4 is 20.0 Å². The first kappa shape index (κ1) is 19.0. The molecule has 0 bridgehead atoms. The molecule has 0 radical (unpaired) electrons. The number of sulfonamides is 2. The molecule has 0 aliphatic carbocycles. The summed E-state index contributed by atoms with van der Waals surface area (Å²) in [5.74, 6) is -0.637. The van der Waals surface area contributed by atoms with Crippen LogP contribution in [0.4, 0.5) is 4.39 Å². The molecule has 0 N–H and O–H groups in total. The molecule has 1 fully saturated rings. The number of aryl methyl sites for hydroxylation is 1. The molecular formula is C15H19FN4O4S2. The number of hydrogen-bond donors (Lipinski definition) is 0. The maximum absolute atomic E-state index is 13.4. The van der Waals surface area contributed by atoms with Gasteiger partial charge in [0.05, 0.1) is 11.1 Å². The minimum Gasteiger partial charge on any atom is -0.274 e. The van der Waals surface area contributed by atoms with Crippen LogP contribution in [0.15, 0.2) is 46.5 Å². The van der Waals surface area contributed by atoms with E-state index < -0.39 is 25.9 Å². The van der Waals surface area contributed by atoms with E-state index in [1.54, 1.807) is 7.05 Å². The fourth-order valence-corrected chi connectivity index (χ4v) is 5.77. The van der Waals surface area contributed by atoms with Crippen molar-refractivity contribution in [1.29, 1.82) is 0 Å². The van der Waals surface area contributed by atoms with Gasteiger partial charge >= 0.3 is 0 Å². The molecule has 0 atom stereocenters. The predicted molar refractivity (Wildman–Crippen MR) is 91.7 cm³/mol. The average molecular weight is 402 g/mol. The Morgan fingerprint density at radius 2 is 1.58 bits per heavy atom. The van der Waals surface area contributed by atoms with Crippen LogP contribution in [0, 0.1) is 5.82 Å². The number of halogens is 1. The lowest BCUT2D eigenvalue weighted by Crippen LogP contribution is -2.37. The summed E-state index contributed by atoms with van der Waals surface area (Å²) in [4.78, 5) is -0.0671. The van der Waals surface area contributed by atoms with Gasteiger partial charge in [-0.1, -0.05) is 6.07 Å². The van der Waals surface area contributed by atoms with Crippen LogP contribution in [0.5, 0.6) is 0 Å². The molecule has 3 rings (SSSR count). The highest BCUT2D eigenvalue weighted by Crippen LogP contribution is 2.21. The molecule has 2 aromatic rings. The molecule has 1 aromatic carbocycles. The summed E-state index contributed by atoms with van der Waals surface area (Å²) in [5.41, 5.74) is 0. The summed E-state index contributed by atoms with van der Waals surface area (Å²) in [6.45, 7) is 0.383. The number of rotatable bonds is 4. The summed E-state index contributed by atoms with van der Waals surface area (Å²) < 4.78 is 68.0. The second kappa shape index (κ2) is 7.06. The highest BCUT2D eigenvalue weighted by Gasteiger charge is 2.32. The number of nitrogens with zero attached hydrogens (tertiary/aromatic N) is 4. The number of hydrogen-bond acceptors (Lipinski definition) is 5. The molecule has 8 nitrogen and oxygen atoms in total. The van der Waals surface area contributed by atoms with Gasteiger partial charge in [0, 0.05) is 39.4 Å². The van der Waals surface area contributed by atoms with Crippen molar-refractivity contribution in [1.82, 2.24) is 18.4 Å². The minimum atomic E-state index is -3.88. The maximum atomic E-state index is 13.4. The summed E-state index contributed by atoms with van der Waals surface area (Å²) in [7, 11) is -6.00. The van der Waals surface area contributed by atoms with Crippen LogP contribution in [-0.2, 0) is 27.1 Å². The van der Waals surface area contributed by atoms with Gasteiger partial charge in [0.1, 0.15) is 10.7 Å². The Morgan fingerprint density at radius 3 is 2.12 bits per heavy atom. The standard InChI is InChI=1S/C15H19FN4O4S2/c1-18-12-15(11-17-18)26(23,24)20-7-3-6-19(8-9-20)25(21,22)14-5-2-4-13(16)10-14/h2,4-5,10-12H,3,6-9H2,1H3. The van der Waals surface area contributed by atoms with Gasteiger partial charge < -0.3 is 0 Å². The van der Waals surface area contributed by atoms with E-state index in [0.717, 1.165) is 6.07 Å². The van der Waals surface area contributed by atoms with Gasteiger partial charge in [0.15, 0.2) is 0 Å². The van der Waals surface area contributed by atoms with E-state index in [2.05, 4.69) is 5.10 Å². The Kier molecular flexibility index (Phi) is 5.15. The third-order valence-corrected chi connectivity index (χ3v) is 7.91. The van der Waals surface area contributed by atoms with Crippen LogP contribution >= 0.6 is 0 Å². The molecule has 26 heavy (non-hydrogen) atoms. The summed E-state index contributed by atoms with van der Waals surface area (Å²) in [6.07, 6.45) is 3.01. The van der Waals surface area contributed by atoms with Crippen LogP contribution in [-0.4, -0.2) is 61.4 Å². The Labute approximate surface area is 151 Å². The van der Waals surface area contributed by atoms with E-state index >= 15 is 0 Å². The first-order valence-electron chi connectivity index (χ1n) is 7.96. The maximum Gasteiger partial charge on any atom is 0.246 e. The van der Waals surface area contributed by atoms with Crippen LogP contribution < -0.4 is 0 Å². The zero-order valence-corrected chi connectivity index (χ0v) is 15.7. The Morgan fingerprint density at radius 1 is 0.962 bits per heavy atom. The van der Waals surface area contributed by atoms with Crippen molar-refractivity contribution in [3.05, 3.63) is 42.5 Å². The van der Waals surface area contributed by atoms with Gasteiger partial charge in [0.25, 0.3) is 0 Å². The predicted octanol–water partition coefficient (Wildman–Crippen LogP) is 0.644. The van der Waals surface area contributed by atoms with Gasteiger partial charge in [-0.25, -0.2) is 21.2 Å². The van der Waals surface area contributed by atoms with Gasteiger partial charge in [-0.3, -0.25) is 4.68 Å². The summed E-state index contributed by atoms with van der Waals surface area (Å²) in [6, 6.07) is 4.79. The third-order valence-electron chi connectivity index (χ3n) is 4.17. The van der Waals surface area contributed by atoms with Gasteiger partial charge in [-0.15, -0.1) is 0 Å². The fourth-order valence-electron chi connectivity index (χ4n) is 2.81. The van der Waals surface area contributed by atoms with Crippen LogP contribution in [0.1, 0.15) is 6.42 Å². The zero-order chi connectivity index (χ0) is 18.9. The SMILES string of the molecule is Cn1cc(S(=O)(=O)N2CCCN(S(=O)(=O)c3cccc(F)c3)CC2)cn1. The highest BCUT2D eigenvalue weighted by molar-refractivity contribution is 7.89. The molecular weight excluding hydrogens is 383 g/mol. The molecule has 1 aliphatic rings. The molecule has 0 unspecified atom stereocenters. The molecule has 1 aliphatic heterocycles. The number of aromatic nitrogens is 2. The van der Waals surface area contributed by atoms with Crippen LogP contribution in [0.3, 0.4) is 0 Å². The molecule has 1 aromatic heterocycles. The molecule has 0 saturated carbocycles. The fraction of sp³-hybridized carbons (Fsp3) is 0.400. The van der Waals surface area contributed by atoms with Crippen molar-refractivity contribution in [2.24, 2.45) is 7.05 Å². The number of benzene rings is 1. The van der Waals surface area contributed by atoms with Gasteiger partial charge in [-0.2, -0.15) is 13.7 Å². The second-order valence-electron chi connectivity index (χ2n) is 5.97. The van der Waals surface area contributed by atoms with Crippen LogP contribution in [0.25, 0.3) is 0 Å². The van der Waals surface area contributed by atoms with E-state index in [1.165, 1.54) is 43.9 Å². The van der Waals surface area contributed by atoms with Crippen molar-refractivity contribution < 1.29 is 21.2 Å². The monoisotopic (exact) mass is 402 g/mol. The van der Waals surface area contributed by atoms with E-state index in [9.17, 15) is 21.2 Å². The lowest BCUT2D eigenvalue weighted by Gasteiger charge is -2.21. The van der Waals surface area contributed by atoms with E-state index in [0.29, 0.717) is 6.42 Å². The average Bonchev–Trinajstić information content (AvgIpc) is 2.87.